The van der Waals surface area contributed by atoms with Gasteiger partial charge in [-0.3, -0.25) is 9.59 Å². The molecule has 1 aromatic rings. The Hall–Kier alpha value is -2.64. The van der Waals surface area contributed by atoms with Crippen LogP contribution in [0.1, 0.15) is 41.6 Å². The van der Waals surface area contributed by atoms with Crippen molar-refractivity contribution in [3.63, 3.8) is 0 Å². The zero-order valence-electron chi connectivity index (χ0n) is 11.9. The first-order chi connectivity index (χ1) is 9.90. The minimum Gasteiger partial charge on any atom is -0.462 e. The van der Waals surface area contributed by atoms with Crippen LogP contribution in [-0.4, -0.2) is 36.0 Å². The lowest BCUT2D eigenvalue weighted by molar-refractivity contribution is -0.114. The number of H-pyrrole nitrogens is 1. The molecule has 0 aliphatic rings. The van der Waals surface area contributed by atoms with Crippen molar-refractivity contribution < 1.29 is 23.9 Å². The zero-order chi connectivity index (χ0) is 16.0. The van der Waals surface area contributed by atoms with Crippen molar-refractivity contribution in [1.29, 1.82) is 0 Å². The van der Waals surface area contributed by atoms with E-state index in [1.165, 1.54) is 6.92 Å². The van der Waals surface area contributed by atoms with Crippen molar-refractivity contribution in [2.24, 2.45) is 0 Å². The molecule has 2 N–H and O–H groups in total. The predicted molar refractivity (Wildman–Crippen MR) is 73.3 cm³/mol. The number of rotatable bonds is 5. The highest BCUT2D eigenvalue weighted by Gasteiger charge is 2.22. The number of hydrogen-bond donors (Lipinski definition) is 2. The van der Waals surface area contributed by atoms with Crippen molar-refractivity contribution in [1.82, 2.24) is 4.98 Å². The summed E-state index contributed by atoms with van der Waals surface area (Å²) in [7, 11) is 0. The Bertz CT molecular complexity index is 620. The van der Waals surface area contributed by atoms with Crippen molar-refractivity contribution in [2.75, 3.05) is 18.5 Å². The Morgan fingerprint density at radius 2 is 1.71 bits per heavy atom. The minimum atomic E-state index is -0.855. The molecule has 1 heterocycles. The molecule has 0 radical (unpaired) electrons. The molecule has 0 spiro atoms. The minimum absolute atomic E-state index is 0.0799. The number of nitrogens with one attached hydrogen (secondary N) is 2. The molecule has 0 unspecified atom stereocenters. The number of pyridine rings is 1. The smallest absolute Gasteiger partial charge is 0.355 e. The molecule has 0 saturated heterocycles. The summed E-state index contributed by atoms with van der Waals surface area (Å²) in [5.41, 5.74) is -1.37. The standard InChI is InChI=1S/C13H16N2O6/c1-4-20-12(18)8-6-9(14-7(3)16)11(17)15-10(8)13(19)21-5-2/h6H,4-5H2,1-3H3,(H,14,16)(H,15,17). The van der Waals surface area contributed by atoms with Crippen molar-refractivity contribution in [3.05, 3.63) is 27.7 Å². The quantitative estimate of drug-likeness (QED) is 0.772. The van der Waals surface area contributed by atoms with Crippen LogP contribution in [-0.2, 0) is 14.3 Å². The van der Waals surface area contributed by atoms with Gasteiger partial charge in [0.05, 0.1) is 18.8 Å². The molecule has 0 fully saturated rings. The van der Waals surface area contributed by atoms with Gasteiger partial charge in [-0.1, -0.05) is 0 Å². The van der Waals surface area contributed by atoms with E-state index in [-0.39, 0.29) is 30.2 Å². The first-order valence-corrected chi connectivity index (χ1v) is 6.29. The molecule has 0 saturated carbocycles. The number of esters is 2. The third-order valence-electron chi connectivity index (χ3n) is 2.33. The molecule has 0 aromatic carbocycles. The number of carbonyl (C=O) groups is 3. The molecule has 0 aliphatic heterocycles. The van der Waals surface area contributed by atoms with E-state index in [4.69, 9.17) is 9.47 Å². The lowest BCUT2D eigenvalue weighted by Gasteiger charge is -2.10. The van der Waals surface area contributed by atoms with Crippen LogP contribution in [0.2, 0.25) is 0 Å². The van der Waals surface area contributed by atoms with Gasteiger partial charge in [0.25, 0.3) is 5.56 Å². The first kappa shape index (κ1) is 16.4. The molecule has 1 rings (SSSR count). The summed E-state index contributed by atoms with van der Waals surface area (Å²) in [5.74, 6) is -2.14. The van der Waals surface area contributed by atoms with Gasteiger partial charge < -0.3 is 19.8 Å². The third kappa shape index (κ3) is 4.16. The molecule has 114 valence electrons. The average Bonchev–Trinajstić information content (AvgIpc) is 2.40. The van der Waals surface area contributed by atoms with Gasteiger partial charge >= 0.3 is 11.9 Å². The van der Waals surface area contributed by atoms with Crippen LogP contribution in [0.15, 0.2) is 10.9 Å². The Kier molecular flexibility index (Phi) is 5.65. The van der Waals surface area contributed by atoms with Gasteiger partial charge in [-0.2, -0.15) is 0 Å². The van der Waals surface area contributed by atoms with Crippen LogP contribution in [0, 0.1) is 0 Å². The van der Waals surface area contributed by atoms with Crippen molar-refractivity contribution in [2.45, 2.75) is 20.8 Å². The highest BCUT2D eigenvalue weighted by molar-refractivity contribution is 6.03. The summed E-state index contributed by atoms with van der Waals surface area (Å²) in [4.78, 5) is 48.7. The highest BCUT2D eigenvalue weighted by atomic mass is 16.5. The van der Waals surface area contributed by atoms with Crippen LogP contribution in [0.25, 0.3) is 0 Å². The fourth-order valence-corrected chi connectivity index (χ4v) is 1.55. The molecular formula is C13H16N2O6. The molecule has 0 aliphatic carbocycles. The highest BCUT2D eigenvalue weighted by Crippen LogP contribution is 2.12. The summed E-state index contributed by atoms with van der Waals surface area (Å²) >= 11 is 0. The molecule has 0 bridgehead atoms. The summed E-state index contributed by atoms with van der Waals surface area (Å²) in [6.07, 6.45) is 0. The van der Waals surface area contributed by atoms with E-state index in [1.807, 2.05) is 0 Å². The number of aromatic nitrogens is 1. The second-order valence-electron chi connectivity index (χ2n) is 3.92. The van der Waals surface area contributed by atoms with E-state index in [0.717, 1.165) is 6.07 Å². The SMILES string of the molecule is CCOC(=O)c1cc(NC(C)=O)c(=O)[nH]c1C(=O)OCC. The monoisotopic (exact) mass is 296 g/mol. The second-order valence-corrected chi connectivity index (χ2v) is 3.92. The summed E-state index contributed by atoms with van der Waals surface area (Å²) in [5, 5.41) is 2.27. The molecular weight excluding hydrogens is 280 g/mol. The molecule has 8 nitrogen and oxygen atoms in total. The Balaban J connectivity index is 3.38. The van der Waals surface area contributed by atoms with Crippen LogP contribution < -0.4 is 10.9 Å². The van der Waals surface area contributed by atoms with E-state index in [9.17, 15) is 19.2 Å². The molecule has 1 amide bonds. The topological polar surface area (TPSA) is 115 Å². The second kappa shape index (κ2) is 7.22. The lowest BCUT2D eigenvalue weighted by atomic mass is 10.1. The van der Waals surface area contributed by atoms with E-state index >= 15 is 0 Å². The van der Waals surface area contributed by atoms with E-state index in [2.05, 4.69) is 10.3 Å². The van der Waals surface area contributed by atoms with Gasteiger partial charge in [0.15, 0.2) is 0 Å². The van der Waals surface area contributed by atoms with Gasteiger partial charge in [-0.15, -0.1) is 0 Å². The van der Waals surface area contributed by atoms with Gasteiger partial charge in [0.2, 0.25) is 5.91 Å². The normalized spacial score (nSPS) is 9.86. The molecule has 1 aromatic heterocycles. The van der Waals surface area contributed by atoms with Crippen LogP contribution in [0.4, 0.5) is 5.69 Å². The van der Waals surface area contributed by atoms with Crippen LogP contribution in [0.5, 0.6) is 0 Å². The fraction of sp³-hybridized carbons (Fsp3) is 0.385. The Labute approximate surface area is 120 Å². The number of aromatic amines is 1. The number of amides is 1. The van der Waals surface area contributed by atoms with Gasteiger partial charge in [0.1, 0.15) is 11.4 Å². The van der Waals surface area contributed by atoms with Crippen LogP contribution in [0.3, 0.4) is 0 Å². The van der Waals surface area contributed by atoms with Gasteiger partial charge in [-0.25, -0.2) is 9.59 Å². The number of carbonyl (C=O) groups excluding carboxylic acids is 3. The first-order valence-electron chi connectivity index (χ1n) is 6.29. The molecule has 21 heavy (non-hydrogen) atoms. The summed E-state index contributed by atoms with van der Waals surface area (Å²) in [6, 6.07) is 1.09. The average molecular weight is 296 g/mol. The summed E-state index contributed by atoms with van der Waals surface area (Å²) in [6.45, 7) is 4.57. The van der Waals surface area contributed by atoms with E-state index in [1.54, 1.807) is 13.8 Å². The van der Waals surface area contributed by atoms with Gasteiger partial charge in [0, 0.05) is 6.92 Å². The van der Waals surface area contributed by atoms with Crippen molar-refractivity contribution in [3.8, 4) is 0 Å². The van der Waals surface area contributed by atoms with E-state index < -0.39 is 23.4 Å². The number of hydrogen-bond acceptors (Lipinski definition) is 6. The lowest BCUT2D eigenvalue weighted by Crippen LogP contribution is -2.25. The maximum absolute atomic E-state index is 11.9. The number of anilines is 1. The maximum Gasteiger partial charge on any atom is 0.355 e. The maximum atomic E-state index is 11.9. The third-order valence-corrected chi connectivity index (χ3v) is 2.33. The largest absolute Gasteiger partial charge is 0.462 e. The molecule has 0 atom stereocenters. The van der Waals surface area contributed by atoms with Crippen LogP contribution >= 0.6 is 0 Å². The molecule has 8 heteroatoms. The van der Waals surface area contributed by atoms with E-state index in [0.29, 0.717) is 0 Å². The van der Waals surface area contributed by atoms with Gasteiger partial charge in [-0.05, 0) is 19.9 Å². The Morgan fingerprint density at radius 3 is 2.24 bits per heavy atom. The summed E-state index contributed by atoms with van der Waals surface area (Å²) < 4.78 is 9.58. The van der Waals surface area contributed by atoms with Crippen molar-refractivity contribution >= 4 is 23.5 Å². The predicted octanol–water partition coefficient (Wildman–Crippen LogP) is 0.687. The Morgan fingerprint density at radius 1 is 1.14 bits per heavy atom. The zero-order valence-corrected chi connectivity index (χ0v) is 11.9. The number of ether oxygens (including phenoxy) is 2. The fourth-order valence-electron chi connectivity index (χ4n) is 1.55.